The molecule has 0 aliphatic rings. The van der Waals surface area contributed by atoms with Crippen molar-refractivity contribution in [2.75, 3.05) is 19.6 Å². The highest BCUT2D eigenvalue weighted by molar-refractivity contribution is 6.37. The molecule has 0 radical (unpaired) electrons. The standard InChI is InChI=1S/C77H62Cl2N4/c1-77(2,3)60-39-45-68(46-40-60)83(72-48-50-74(76(79)55-72)73-49-47-71(54-75(73)78)81(63-27-13-6-14-28-63)64-29-15-7-16-30-64)70-34-20-22-57(53-70)51-56-21-19-33-69(52-56)82(65-31-17-8-18-32-65)67-43-37-59(38-44-67)58-35-41-66(42-36-58)80(61-23-9-4-10-24-61)62-25-11-5-12-26-62/h4-50,52-55H,51H2,1-3H3. The number of benzene rings is 12. The summed E-state index contributed by atoms with van der Waals surface area (Å²) in [4.78, 5) is 9.13. The van der Waals surface area contributed by atoms with Gasteiger partial charge in [0.05, 0.1) is 10.0 Å². The third-order valence-electron chi connectivity index (χ3n) is 15.1. The summed E-state index contributed by atoms with van der Waals surface area (Å²) in [5, 5.41) is 1.21. The van der Waals surface area contributed by atoms with Gasteiger partial charge in [-0.25, -0.2) is 0 Å². The predicted octanol–water partition coefficient (Wildman–Crippen LogP) is 23.1. The maximum absolute atomic E-state index is 7.39. The van der Waals surface area contributed by atoms with Crippen molar-refractivity contribution in [3.8, 4) is 22.3 Å². The van der Waals surface area contributed by atoms with Crippen LogP contribution in [0.1, 0.15) is 37.5 Å². The Hall–Kier alpha value is -9.58. The summed E-state index contributed by atoms with van der Waals surface area (Å²) in [5.74, 6) is 0. The molecule has 0 saturated carbocycles. The largest absolute Gasteiger partial charge is 0.311 e. The average Bonchev–Trinajstić information content (AvgIpc) is 3.71. The predicted molar refractivity (Wildman–Crippen MR) is 354 cm³/mol. The minimum atomic E-state index is -0.00106. The van der Waals surface area contributed by atoms with Crippen LogP contribution in [-0.4, -0.2) is 0 Å². The number of para-hydroxylation sites is 5. The number of rotatable bonds is 16. The van der Waals surface area contributed by atoms with E-state index < -0.39 is 0 Å². The summed E-state index contributed by atoms with van der Waals surface area (Å²) < 4.78 is 0. The van der Waals surface area contributed by atoms with Crippen molar-refractivity contribution < 1.29 is 0 Å². The number of hydrogen-bond acceptors (Lipinski definition) is 4. The van der Waals surface area contributed by atoms with Gasteiger partial charge in [-0.15, -0.1) is 0 Å². The molecule has 0 atom stereocenters. The molecule has 0 aliphatic heterocycles. The van der Waals surface area contributed by atoms with Crippen molar-refractivity contribution in [1.29, 1.82) is 0 Å². The zero-order valence-corrected chi connectivity index (χ0v) is 48.2. The van der Waals surface area contributed by atoms with Crippen LogP contribution >= 0.6 is 23.2 Å². The smallest absolute Gasteiger partial charge is 0.0505 e. The maximum atomic E-state index is 7.39. The fourth-order valence-electron chi connectivity index (χ4n) is 11.0. The molecule has 404 valence electrons. The molecule has 83 heavy (non-hydrogen) atoms. The van der Waals surface area contributed by atoms with E-state index in [-0.39, 0.29) is 5.41 Å². The Morgan fingerprint density at radius 3 is 0.819 bits per heavy atom. The summed E-state index contributed by atoms with van der Waals surface area (Å²) in [6.07, 6.45) is 0.724. The van der Waals surface area contributed by atoms with Gasteiger partial charge in [0.25, 0.3) is 0 Å². The Kier molecular flexibility index (Phi) is 15.8. The third-order valence-corrected chi connectivity index (χ3v) is 15.7. The highest BCUT2D eigenvalue weighted by Crippen LogP contribution is 2.45. The molecular formula is C77H62Cl2N4. The second-order valence-electron chi connectivity index (χ2n) is 21.8. The van der Waals surface area contributed by atoms with Gasteiger partial charge < -0.3 is 19.6 Å². The second kappa shape index (κ2) is 24.3. The van der Waals surface area contributed by atoms with Crippen molar-refractivity contribution in [3.63, 3.8) is 0 Å². The van der Waals surface area contributed by atoms with Gasteiger partial charge in [-0.05, 0) is 185 Å². The summed E-state index contributed by atoms with van der Waals surface area (Å²) in [7, 11) is 0. The number of anilines is 12. The Balaban J connectivity index is 0.828. The maximum Gasteiger partial charge on any atom is 0.0505 e. The van der Waals surface area contributed by atoms with Gasteiger partial charge in [-0.1, -0.05) is 208 Å². The van der Waals surface area contributed by atoms with Crippen LogP contribution in [0.2, 0.25) is 10.0 Å². The fraction of sp³-hybridized carbons (Fsp3) is 0.0649. The molecule has 12 aromatic carbocycles. The van der Waals surface area contributed by atoms with Gasteiger partial charge in [0.2, 0.25) is 0 Å². The lowest BCUT2D eigenvalue weighted by molar-refractivity contribution is 0.590. The van der Waals surface area contributed by atoms with E-state index in [0.29, 0.717) is 10.0 Å². The first-order valence-electron chi connectivity index (χ1n) is 28.2. The van der Waals surface area contributed by atoms with Crippen LogP contribution < -0.4 is 19.6 Å². The SMILES string of the molecule is CC(C)(C)c1ccc(N(c2cccc(Cc3cccc(N(c4ccccc4)c4ccc(-c5ccc(N(c6ccccc6)c6ccccc6)cc5)cc4)c3)c2)c2ccc(-c3ccc(N(c4ccccc4)c4ccccc4)cc3Cl)c(Cl)c2)cc1. The van der Waals surface area contributed by atoms with Crippen molar-refractivity contribution in [1.82, 2.24) is 0 Å². The van der Waals surface area contributed by atoms with Crippen LogP contribution in [0.3, 0.4) is 0 Å². The van der Waals surface area contributed by atoms with E-state index in [1.165, 1.54) is 16.7 Å². The van der Waals surface area contributed by atoms with Crippen LogP contribution in [0, 0.1) is 0 Å². The molecule has 12 rings (SSSR count). The van der Waals surface area contributed by atoms with Crippen molar-refractivity contribution in [2.45, 2.75) is 32.6 Å². The lowest BCUT2D eigenvalue weighted by Gasteiger charge is -2.28. The molecular weight excluding hydrogens is 1050 g/mol. The summed E-state index contributed by atoms with van der Waals surface area (Å²) >= 11 is 14.6. The first-order valence-corrected chi connectivity index (χ1v) is 28.9. The Morgan fingerprint density at radius 2 is 0.506 bits per heavy atom. The van der Waals surface area contributed by atoms with Crippen LogP contribution in [0.25, 0.3) is 22.3 Å². The zero-order valence-electron chi connectivity index (χ0n) is 46.7. The van der Waals surface area contributed by atoms with Crippen molar-refractivity contribution >= 4 is 91.5 Å². The fourth-order valence-corrected chi connectivity index (χ4v) is 11.5. The van der Waals surface area contributed by atoms with E-state index in [1.807, 2.05) is 18.2 Å². The number of hydrogen-bond donors (Lipinski definition) is 0. The van der Waals surface area contributed by atoms with Crippen LogP contribution in [-0.2, 0) is 11.8 Å². The molecule has 0 saturated heterocycles. The van der Waals surface area contributed by atoms with Crippen LogP contribution in [0.5, 0.6) is 0 Å². The van der Waals surface area contributed by atoms with Crippen molar-refractivity contribution in [2.24, 2.45) is 0 Å². The average molecular weight is 1110 g/mol. The molecule has 0 spiro atoms. The summed E-state index contributed by atoms with van der Waals surface area (Å²) in [6, 6.07) is 109. The van der Waals surface area contributed by atoms with Gasteiger partial charge in [0.15, 0.2) is 0 Å². The molecule has 0 bridgehead atoms. The monoisotopic (exact) mass is 1110 g/mol. The summed E-state index contributed by atoms with van der Waals surface area (Å²) in [5.41, 5.74) is 20.3. The summed E-state index contributed by atoms with van der Waals surface area (Å²) in [6.45, 7) is 6.74. The van der Waals surface area contributed by atoms with E-state index in [9.17, 15) is 0 Å². The first kappa shape index (κ1) is 54.0. The molecule has 4 nitrogen and oxygen atoms in total. The lowest BCUT2D eigenvalue weighted by atomic mass is 9.87. The molecule has 0 amide bonds. The second-order valence-corrected chi connectivity index (χ2v) is 22.6. The van der Waals surface area contributed by atoms with Crippen molar-refractivity contribution in [3.05, 3.63) is 336 Å². The molecule has 0 N–H and O–H groups in total. The molecule has 6 heteroatoms. The highest BCUT2D eigenvalue weighted by atomic mass is 35.5. The van der Waals surface area contributed by atoms with E-state index in [4.69, 9.17) is 23.2 Å². The van der Waals surface area contributed by atoms with Gasteiger partial charge in [0.1, 0.15) is 0 Å². The topological polar surface area (TPSA) is 13.0 Å². The Morgan fingerprint density at radius 1 is 0.253 bits per heavy atom. The molecule has 0 aromatic heterocycles. The van der Waals surface area contributed by atoms with Crippen LogP contribution in [0.4, 0.5) is 68.2 Å². The van der Waals surface area contributed by atoms with E-state index >= 15 is 0 Å². The van der Waals surface area contributed by atoms with Crippen LogP contribution in [0.15, 0.2) is 309 Å². The normalized spacial score (nSPS) is 11.2. The van der Waals surface area contributed by atoms with E-state index in [2.05, 4.69) is 332 Å². The van der Waals surface area contributed by atoms with Gasteiger partial charge in [-0.2, -0.15) is 0 Å². The van der Waals surface area contributed by atoms with Gasteiger partial charge in [-0.3, -0.25) is 0 Å². The van der Waals surface area contributed by atoms with E-state index in [1.54, 1.807) is 0 Å². The molecule has 0 heterocycles. The molecule has 12 aromatic rings. The molecule has 0 unspecified atom stereocenters. The number of halogens is 2. The first-order chi connectivity index (χ1) is 40.6. The number of nitrogens with zero attached hydrogens (tertiary/aromatic N) is 4. The van der Waals surface area contributed by atoms with E-state index in [0.717, 1.165) is 96.9 Å². The van der Waals surface area contributed by atoms with Gasteiger partial charge >= 0.3 is 0 Å². The lowest BCUT2D eigenvalue weighted by Crippen LogP contribution is -2.13. The van der Waals surface area contributed by atoms with Gasteiger partial charge in [0, 0.05) is 79.4 Å². The quantitative estimate of drug-likeness (QED) is 0.0956. The minimum absolute atomic E-state index is 0.00106. The third kappa shape index (κ3) is 12.1. The minimum Gasteiger partial charge on any atom is -0.311 e. The molecule has 0 fully saturated rings. The zero-order chi connectivity index (χ0) is 56.7. The Labute approximate surface area is 499 Å². The highest BCUT2D eigenvalue weighted by Gasteiger charge is 2.21. The molecule has 0 aliphatic carbocycles. The Bertz CT molecular complexity index is 4020.